The zero-order valence-corrected chi connectivity index (χ0v) is 16.5. The van der Waals surface area contributed by atoms with Crippen LogP contribution in [0, 0.1) is 0 Å². The highest BCUT2D eigenvalue weighted by molar-refractivity contribution is 5.88. The molecule has 2 N–H and O–H groups in total. The van der Waals surface area contributed by atoms with Crippen molar-refractivity contribution in [2.24, 2.45) is 0 Å². The molecule has 28 heavy (non-hydrogen) atoms. The summed E-state index contributed by atoms with van der Waals surface area (Å²) in [7, 11) is 1.33. The van der Waals surface area contributed by atoms with E-state index in [9.17, 15) is 14.4 Å². The van der Waals surface area contributed by atoms with Crippen molar-refractivity contribution < 1.29 is 23.9 Å². The maximum Gasteiger partial charge on any atom is 0.305 e. The third-order valence-corrected chi connectivity index (χ3v) is 4.57. The zero-order chi connectivity index (χ0) is 20.4. The topological polar surface area (TPSA) is 97.0 Å². The predicted octanol–water partition coefficient (Wildman–Crippen LogP) is 0.845. The van der Waals surface area contributed by atoms with E-state index in [4.69, 9.17) is 4.74 Å². The van der Waals surface area contributed by atoms with Gasteiger partial charge >= 0.3 is 5.97 Å². The van der Waals surface area contributed by atoms with Gasteiger partial charge in [0, 0.05) is 38.2 Å². The van der Waals surface area contributed by atoms with Crippen LogP contribution in [0.25, 0.3) is 0 Å². The van der Waals surface area contributed by atoms with Gasteiger partial charge in [-0.05, 0) is 19.4 Å². The van der Waals surface area contributed by atoms with E-state index >= 15 is 0 Å². The number of hydrogen-bond donors (Lipinski definition) is 2. The third-order valence-electron chi connectivity index (χ3n) is 4.57. The Morgan fingerprint density at radius 2 is 2.11 bits per heavy atom. The number of ether oxygens (including phenoxy) is 2. The van der Waals surface area contributed by atoms with Gasteiger partial charge < -0.3 is 20.1 Å². The Labute approximate surface area is 165 Å². The summed E-state index contributed by atoms with van der Waals surface area (Å²) in [6.07, 6.45) is 0.822. The number of rotatable bonds is 10. The molecule has 1 fully saturated rings. The van der Waals surface area contributed by atoms with E-state index in [-0.39, 0.29) is 30.6 Å². The lowest BCUT2D eigenvalue weighted by Crippen LogP contribution is -2.56. The van der Waals surface area contributed by atoms with Crippen LogP contribution in [0.15, 0.2) is 24.3 Å². The fourth-order valence-electron chi connectivity index (χ4n) is 3.13. The SMILES string of the molecule is CCOc1ccccc1CN1CCNC(=O)C1CC(=O)NCCCC(=O)OC. The summed E-state index contributed by atoms with van der Waals surface area (Å²) >= 11 is 0. The van der Waals surface area contributed by atoms with Crippen molar-refractivity contribution in [2.45, 2.75) is 38.8 Å². The smallest absolute Gasteiger partial charge is 0.305 e. The molecule has 0 radical (unpaired) electrons. The number of esters is 1. The van der Waals surface area contributed by atoms with Gasteiger partial charge in [-0.3, -0.25) is 19.3 Å². The van der Waals surface area contributed by atoms with Crippen LogP contribution in [0.5, 0.6) is 5.75 Å². The summed E-state index contributed by atoms with van der Waals surface area (Å²) < 4.78 is 10.2. The molecule has 154 valence electrons. The number of methoxy groups -OCH3 is 1. The average Bonchev–Trinajstić information content (AvgIpc) is 2.69. The molecule has 1 saturated heterocycles. The summed E-state index contributed by atoms with van der Waals surface area (Å²) in [5.41, 5.74) is 0.988. The van der Waals surface area contributed by atoms with E-state index in [1.807, 2.05) is 36.1 Å². The van der Waals surface area contributed by atoms with Crippen LogP contribution in [0.3, 0.4) is 0 Å². The minimum absolute atomic E-state index is 0.0703. The molecule has 0 spiro atoms. The van der Waals surface area contributed by atoms with Crippen molar-refractivity contribution in [3.8, 4) is 5.75 Å². The molecule has 1 aliphatic rings. The lowest BCUT2D eigenvalue weighted by atomic mass is 10.1. The van der Waals surface area contributed by atoms with Crippen LogP contribution in [0.4, 0.5) is 0 Å². The van der Waals surface area contributed by atoms with Gasteiger partial charge in [-0.25, -0.2) is 0 Å². The number of para-hydroxylation sites is 1. The molecule has 1 atom stereocenters. The Bertz CT molecular complexity index is 680. The quantitative estimate of drug-likeness (QED) is 0.453. The summed E-state index contributed by atoms with van der Waals surface area (Å²) in [5, 5.41) is 5.60. The minimum atomic E-state index is -0.538. The van der Waals surface area contributed by atoms with Crippen molar-refractivity contribution in [1.82, 2.24) is 15.5 Å². The Morgan fingerprint density at radius 1 is 1.32 bits per heavy atom. The molecule has 0 aliphatic carbocycles. The van der Waals surface area contributed by atoms with Gasteiger partial charge in [-0.1, -0.05) is 18.2 Å². The zero-order valence-electron chi connectivity index (χ0n) is 16.5. The minimum Gasteiger partial charge on any atom is -0.494 e. The maximum absolute atomic E-state index is 12.4. The number of amides is 2. The molecular formula is C20H29N3O5. The van der Waals surface area contributed by atoms with Crippen LogP contribution >= 0.6 is 0 Å². The second-order valence-electron chi connectivity index (χ2n) is 6.55. The molecule has 2 amide bonds. The van der Waals surface area contributed by atoms with Crippen molar-refractivity contribution in [3.63, 3.8) is 0 Å². The molecule has 1 unspecified atom stereocenters. The molecule has 8 nitrogen and oxygen atoms in total. The molecule has 1 aromatic rings. The normalized spacial score (nSPS) is 16.9. The molecular weight excluding hydrogens is 362 g/mol. The Morgan fingerprint density at radius 3 is 2.86 bits per heavy atom. The molecule has 8 heteroatoms. The van der Waals surface area contributed by atoms with Gasteiger partial charge in [-0.2, -0.15) is 0 Å². The molecule has 1 aromatic carbocycles. The van der Waals surface area contributed by atoms with Crippen molar-refractivity contribution in [3.05, 3.63) is 29.8 Å². The highest BCUT2D eigenvalue weighted by Gasteiger charge is 2.31. The van der Waals surface area contributed by atoms with Gasteiger partial charge in [0.25, 0.3) is 0 Å². The van der Waals surface area contributed by atoms with Crippen LogP contribution in [0.2, 0.25) is 0 Å². The average molecular weight is 391 g/mol. The van der Waals surface area contributed by atoms with E-state index in [0.29, 0.717) is 39.2 Å². The van der Waals surface area contributed by atoms with Crippen molar-refractivity contribution in [1.29, 1.82) is 0 Å². The number of carbonyl (C=O) groups is 3. The molecule has 1 aliphatic heterocycles. The first-order valence-corrected chi connectivity index (χ1v) is 9.61. The van der Waals surface area contributed by atoms with Gasteiger partial charge in [0.05, 0.1) is 26.2 Å². The number of nitrogens with one attached hydrogen (secondary N) is 2. The van der Waals surface area contributed by atoms with Crippen molar-refractivity contribution in [2.75, 3.05) is 33.4 Å². The monoisotopic (exact) mass is 391 g/mol. The van der Waals surface area contributed by atoms with Gasteiger partial charge in [0.2, 0.25) is 11.8 Å². The number of piperazine rings is 1. The second kappa shape index (κ2) is 11.3. The summed E-state index contributed by atoms with van der Waals surface area (Å²) in [4.78, 5) is 37.8. The predicted molar refractivity (Wildman–Crippen MR) is 104 cm³/mol. The number of hydrogen-bond acceptors (Lipinski definition) is 6. The summed E-state index contributed by atoms with van der Waals surface area (Å²) in [6.45, 7) is 4.60. The second-order valence-corrected chi connectivity index (χ2v) is 6.55. The third kappa shape index (κ3) is 6.53. The first-order chi connectivity index (χ1) is 13.5. The molecule has 2 rings (SSSR count). The van der Waals surface area contributed by atoms with E-state index < -0.39 is 6.04 Å². The first-order valence-electron chi connectivity index (χ1n) is 9.61. The number of carbonyl (C=O) groups excluding carboxylic acids is 3. The Kier molecular flexibility index (Phi) is 8.74. The lowest BCUT2D eigenvalue weighted by molar-refractivity contribution is -0.140. The molecule has 0 saturated carbocycles. The molecule has 0 bridgehead atoms. The summed E-state index contributed by atoms with van der Waals surface area (Å²) in [5.74, 6) is 0.127. The first kappa shape index (κ1) is 21.7. The fraction of sp³-hybridized carbons (Fsp3) is 0.550. The largest absolute Gasteiger partial charge is 0.494 e. The van der Waals surface area contributed by atoms with Crippen molar-refractivity contribution >= 4 is 17.8 Å². The van der Waals surface area contributed by atoms with Crippen LogP contribution in [-0.4, -0.2) is 62.1 Å². The van der Waals surface area contributed by atoms with Crippen LogP contribution < -0.4 is 15.4 Å². The fourth-order valence-corrected chi connectivity index (χ4v) is 3.13. The van der Waals surface area contributed by atoms with Crippen LogP contribution in [-0.2, 0) is 25.7 Å². The maximum atomic E-state index is 12.4. The molecule has 0 aromatic heterocycles. The van der Waals surface area contributed by atoms with Crippen LogP contribution in [0.1, 0.15) is 31.7 Å². The van der Waals surface area contributed by atoms with E-state index in [2.05, 4.69) is 15.4 Å². The standard InChI is InChI=1S/C20H29N3O5/c1-3-28-17-8-5-4-7-15(17)14-23-12-11-22-20(26)16(23)13-18(24)21-10-6-9-19(25)27-2/h4-5,7-8,16H,3,6,9-14H2,1-2H3,(H,21,24)(H,22,26). The van der Waals surface area contributed by atoms with E-state index in [0.717, 1.165) is 11.3 Å². The Balaban J connectivity index is 1.94. The number of benzene rings is 1. The van der Waals surface area contributed by atoms with Gasteiger partial charge in [-0.15, -0.1) is 0 Å². The highest BCUT2D eigenvalue weighted by Crippen LogP contribution is 2.22. The highest BCUT2D eigenvalue weighted by atomic mass is 16.5. The lowest BCUT2D eigenvalue weighted by Gasteiger charge is -2.35. The van der Waals surface area contributed by atoms with Gasteiger partial charge in [0.1, 0.15) is 5.75 Å². The van der Waals surface area contributed by atoms with E-state index in [1.54, 1.807) is 0 Å². The summed E-state index contributed by atoms with van der Waals surface area (Å²) in [6, 6.07) is 7.19. The van der Waals surface area contributed by atoms with E-state index in [1.165, 1.54) is 7.11 Å². The molecule has 1 heterocycles. The van der Waals surface area contributed by atoms with Gasteiger partial charge in [0.15, 0.2) is 0 Å². The Hall–Kier alpha value is -2.61. The number of nitrogens with zero attached hydrogens (tertiary/aromatic N) is 1.